The van der Waals surface area contributed by atoms with Gasteiger partial charge in [0.15, 0.2) is 5.82 Å². The molecule has 0 amide bonds. The van der Waals surface area contributed by atoms with Gasteiger partial charge in [-0.15, -0.1) is 0 Å². The molecule has 37 heavy (non-hydrogen) atoms. The number of benzene rings is 1. The summed E-state index contributed by atoms with van der Waals surface area (Å²) in [5, 5.41) is 4.47. The van der Waals surface area contributed by atoms with Gasteiger partial charge in [-0.3, -0.25) is 9.71 Å². The topological polar surface area (TPSA) is 103 Å². The average Bonchev–Trinajstić information content (AvgIpc) is 3.39. The first-order valence-electron chi connectivity index (χ1n) is 11.4. The zero-order chi connectivity index (χ0) is 26.5. The van der Waals surface area contributed by atoms with Crippen LogP contribution in [0.25, 0.3) is 33.3 Å². The Morgan fingerprint density at radius 1 is 1.08 bits per heavy atom. The van der Waals surface area contributed by atoms with Crippen LogP contribution < -0.4 is 4.72 Å². The molecule has 190 valence electrons. The van der Waals surface area contributed by atoms with Crippen molar-refractivity contribution in [3.8, 4) is 22.3 Å². The molecular weight excluding hydrogens is 500 g/mol. The van der Waals surface area contributed by atoms with Gasteiger partial charge in [-0.25, -0.2) is 22.2 Å². The van der Waals surface area contributed by atoms with Gasteiger partial charge in [0.25, 0.3) is 0 Å². The molecule has 0 spiro atoms. The standard InChI is InChI=1S/C26H23F2N5O3S/c1-14-23(16(3)36-31-14)17-11-18-19(24-20(27)8-9-22(25(24)28)32-37(4,34)35)13-33(26(18)30-12-17)15(2)21-7-5-6-10-29-21/h5-13,15,32H,1-4H3. The van der Waals surface area contributed by atoms with Crippen molar-refractivity contribution in [1.29, 1.82) is 0 Å². The van der Waals surface area contributed by atoms with Crippen LogP contribution in [0.15, 0.2) is 59.5 Å². The van der Waals surface area contributed by atoms with E-state index in [4.69, 9.17) is 4.52 Å². The van der Waals surface area contributed by atoms with Gasteiger partial charge in [-0.05, 0) is 51.1 Å². The molecule has 0 saturated carbocycles. The van der Waals surface area contributed by atoms with Crippen LogP contribution in [-0.4, -0.2) is 34.4 Å². The van der Waals surface area contributed by atoms with Gasteiger partial charge in [0.2, 0.25) is 10.0 Å². The number of nitrogens with zero attached hydrogens (tertiary/aromatic N) is 4. The quantitative estimate of drug-likeness (QED) is 0.310. The Balaban J connectivity index is 1.80. The zero-order valence-electron chi connectivity index (χ0n) is 20.5. The van der Waals surface area contributed by atoms with Gasteiger partial charge in [-0.2, -0.15) is 0 Å². The molecule has 0 fully saturated rings. The lowest BCUT2D eigenvalue weighted by Gasteiger charge is -2.14. The lowest BCUT2D eigenvalue weighted by Crippen LogP contribution is -2.11. The van der Waals surface area contributed by atoms with E-state index in [1.54, 1.807) is 49.1 Å². The average molecular weight is 524 g/mol. The molecule has 0 aliphatic rings. The predicted octanol–water partition coefficient (Wildman–Crippen LogP) is 5.63. The van der Waals surface area contributed by atoms with Crippen molar-refractivity contribution in [3.05, 3.63) is 83.8 Å². The van der Waals surface area contributed by atoms with Crippen LogP contribution in [0.4, 0.5) is 14.5 Å². The molecule has 5 rings (SSSR count). The second-order valence-electron chi connectivity index (χ2n) is 8.83. The minimum absolute atomic E-state index is 0.214. The number of nitrogens with one attached hydrogen (secondary N) is 1. The summed E-state index contributed by atoms with van der Waals surface area (Å²) >= 11 is 0. The summed E-state index contributed by atoms with van der Waals surface area (Å²) in [5.74, 6) is -1.29. The molecule has 0 radical (unpaired) electrons. The van der Waals surface area contributed by atoms with Crippen molar-refractivity contribution < 1.29 is 21.7 Å². The number of sulfonamides is 1. The number of halogens is 2. The van der Waals surface area contributed by atoms with Crippen LogP contribution in [0.5, 0.6) is 0 Å². The van der Waals surface area contributed by atoms with E-state index < -0.39 is 21.7 Å². The van der Waals surface area contributed by atoms with E-state index in [9.17, 15) is 8.42 Å². The fourth-order valence-electron chi connectivity index (χ4n) is 4.50. The van der Waals surface area contributed by atoms with Crippen molar-refractivity contribution >= 4 is 26.7 Å². The fourth-order valence-corrected chi connectivity index (χ4v) is 5.06. The minimum Gasteiger partial charge on any atom is -0.361 e. The monoisotopic (exact) mass is 523 g/mol. The highest BCUT2D eigenvalue weighted by molar-refractivity contribution is 7.92. The molecular formula is C26H23F2N5O3S. The minimum atomic E-state index is -3.80. The second-order valence-corrected chi connectivity index (χ2v) is 10.6. The maximum atomic E-state index is 15.7. The van der Waals surface area contributed by atoms with Crippen LogP contribution in [0.2, 0.25) is 0 Å². The third kappa shape index (κ3) is 4.46. The summed E-state index contributed by atoms with van der Waals surface area (Å²) in [5.41, 5.74) is 2.75. The van der Waals surface area contributed by atoms with Crippen molar-refractivity contribution in [2.45, 2.75) is 26.8 Å². The van der Waals surface area contributed by atoms with Gasteiger partial charge >= 0.3 is 0 Å². The summed E-state index contributed by atoms with van der Waals surface area (Å²) in [6.07, 6.45) is 5.84. The molecule has 0 bridgehead atoms. The van der Waals surface area contributed by atoms with Crippen molar-refractivity contribution in [2.75, 3.05) is 11.0 Å². The molecule has 4 aromatic heterocycles. The molecule has 4 heterocycles. The summed E-state index contributed by atoms with van der Waals surface area (Å²) < 4.78 is 63.7. The number of aryl methyl sites for hydroxylation is 2. The Kier molecular flexibility index (Phi) is 6.03. The van der Waals surface area contributed by atoms with Crippen molar-refractivity contribution in [1.82, 2.24) is 19.7 Å². The van der Waals surface area contributed by atoms with E-state index >= 15 is 8.78 Å². The van der Waals surface area contributed by atoms with E-state index in [0.717, 1.165) is 29.6 Å². The van der Waals surface area contributed by atoms with Crippen molar-refractivity contribution in [2.24, 2.45) is 0 Å². The highest BCUT2D eigenvalue weighted by Gasteiger charge is 2.25. The van der Waals surface area contributed by atoms with Crippen molar-refractivity contribution in [3.63, 3.8) is 0 Å². The molecule has 5 aromatic rings. The third-order valence-corrected chi connectivity index (χ3v) is 6.77. The van der Waals surface area contributed by atoms with Gasteiger partial charge in [-0.1, -0.05) is 11.2 Å². The highest BCUT2D eigenvalue weighted by atomic mass is 32.2. The largest absolute Gasteiger partial charge is 0.361 e. The van der Waals surface area contributed by atoms with Crippen LogP contribution in [-0.2, 0) is 10.0 Å². The van der Waals surface area contributed by atoms with Gasteiger partial charge in [0, 0.05) is 40.7 Å². The Morgan fingerprint density at radius 3 is 2.51 bits per heavy atom. The van der Waals surface area contributed by atoms with E-state index in [2.05, 4.69) is 19.8 Å². The normalized spacial score (nSPS) is 12.7. The molecule has 0 saturated heterocycles. The number of fused-ring (bicyclic) bond motifs is 1. The molecule has 1 unspecified atom stereocenters. The summed E-state index contributed by atoms with van der Waals surface area (Å²) in [4.78, 5) is 9.08. The number of rotatable bonds is 6. The third-order valence-electron chi connectivity index (χ3n) is 6.18. The molecule has 0 aliphatic heterocycles. The number of pyridine rings is 2. The van der Waals surface area contributed by atoms with Crippen LogP contribution >= 0.6 is 0 Å². The van der Waals surface area contributed by atoms with Gasteiger partial charge in [0.1, 0.15) is 17.2 Å². The maximum absolute atomic E-state index is 15.7. The highest BCUT2D eigenvalue weighted by Crippen LogP contribution is 2.40. The molecule has 8 nitrogen and oxygen atoms in total. The Labute approximate surface area is 212 Å². The van der Waals surface area contributed by atoms with Crippen LogP contribution in [0, 0.1) is 25.5 Å². The first kappa shape index (κ1) is 24.6. The second kappa shape index (κ2) is 9.07. The Morgan fingerprint density at radius 2 is 1.86 bits per heavy atom. The molecule has 11 heteroatoms. The Hall–Kier alpha value is -4.12. The summed E-state index contributed by atoms with van der Waals surface area (Å²) in [7, 11) is -3.80. The fraction of sp³-hybridized carbons (Fsp3) is 0.192. The first-order chi connectivity index (χ1) is 17.5. The molecule has 0 aliphatic carbocycles. The maximum Gasteiger partial charge on any atom is 0.229 e. The summed E-state index contributed by atoms with van der Waals surface area (Å²) in [6, 6.07) is 9.05. The van der Waals surface area contributed by atoms with E-state index in [0.29, 0.717) is 28.1 Å². The zero-order valence-corrected chi connectivity index (χ0v) is 21.3. The van der Waals surface area contributed by atoms with E-state index in [1.165, 1.54) is 0 Å². The Bertz CT molecular complexity index is 1730. The van der Waals surface area contributed by atoms with E-state index in [1.807, 2.05) is 19.1 Å². The van der Waals surface area contributed by atoms with E-state index in [-0.39, 0.29) is 22.9 Å². The lowest BCUT2D eigenvalue weighted by molar-refractivity contribution is 0.393. The molecule has 1 aromatic carbocycles. The number of hydrogen-bond donors (Lipinski definition) is 1. The van der Waals surface area contributed by atoms with Crippen LogP contribution in [0.1, 0.15) is 30.1 Å². The SMILES string of the molecule is Cc1noc(C)c1-c1cnc2c(c1)c(-c1c(F)ccc(NS(C)(=O)=O)c1F)cn2C(C)c1ccccn1. The van der Waals surface area contributed by atoms with Gasteiger partial charge in [0.05, 0.1) is 34.9 Å². The molecule has 1 atom stereocenters. The smallest absolute Gasteiger partial charge is 0.229 e. The van der Waals surface area contributed by atoms with Gasteiger partial charge < -0.3 is 9.09 Å². The van der Waals surface area contributed by atoms with Crippen LogP contribution in [0.3, 0.4) is 0 Å². The number of hydrogen-bond acceptors (Lipinski definition) is 6. The number of aromatic nitrogens is 4. The lowest BCUT2D eigenvalue weighted by atomic mass is 10.0. The molecule has 1 N–H and O–H groups in total. The predicted molar refractivity (Wildman–Crippen MR) is 137 cm³/mol. The number of anilines is 1. The first-order valence-corrected chi connectivity index (χ1v) is 13.2. The summed E-state index contributed by atoms with van der Waals surface area (Å²) in [6.45, 7) is 5.48.